The van der Waals surface area contributed by atoms with Crippen molar-refractivity contribution in [2.24, 2.45) is 0 Å². The van der Waals surface area contributed by atoms with Crippen molar-refractivity contribution in [1.29, 1.82) is 0 Å². The van der Waals surface area contributed by atoms with Gasteiger partial charge in [-0.25, -0.2) is 8.42 Å². The summed E-state index contributed by atoms with van der Waals surface area (Å²) in [6, 6.07) is 13.7. The van der Waals surface area contributed by atoms with Gasteiger partial charge in [0.25, 0.3) is 5.91 Å². The molecule has 1 amide bonds. The Balaban J connectivity index is 2.09. The number of anilines is 1. The highest BCUT2D eigenvalue weighted by Crippen LogP contribution is 2.29. The van der Waals surface area contributed by atoms with Crippen LogP contribution in [-0.2, 0) is 16.3 Å². The Morgan fingerprint density at radius 1 is 1.20 bits per heavy atom. The minimum atomic E-state index is -3.29. The van der Waals surface area contributed by atoms with E-state index in [-0.39, 0.29) is 11.7 Å². The van der Waals surface area contributed by atoms with Gasteiger partial charge in [-0.2, -0.15) is 0 Å². The van der Waals surface area contributed by atoms with Crippen molar-refractivity contribution in [1.82, 2.24) is 0 Å². The molecular weight excluding hydrogens is 358 g/mol. The van der Waals surface area contributed by atoms with E-state index < -0.39 is 15.9 Å². The van der Waals surface area contributed by atoms with Crippen LogP contribution < -0.4 is 4.90 Å². The molecule has 1 aliphatic heterocycles. The second kappa shape index (κ2) is 7.02. The fraction of sp³-hybridized carbons (Fsp3) is 0.211. The first-order valence-electron chi connectivity index (χ1n) is 7.99. The third kappa shape index (κ3) is 3.78. The Morgan fingerprint density at radius 3 is 2.60 bits per heavy atom. The predicted octanol–water partition coefficient (Wildman–Crippen LogP) is 3.86. The Bertz CT molecular complexity index is 937. The molecule has 0 bridgehead atoms. The summed E-state index contributed by atoms with van der Waals surface area (Å²) in [7, 11) is -3.29. The maximum absolute atomic E-state index is 13.2. The van der Waals surface area contributed by atoms with Crippen LogP contribution >= 0.6 is 11.6 Å². The Hall–Kier alpha value is -2.11. The van der Waals surface area contributed by atoms with E-state index in [0.29, 0.717) is 10.6 Å². The van der Waals surface area contributed by atoms with Gasteiger partial charge >= 0.3 is 0 Å². The fourth-order valence-electron chi connectivity index (χ4n) is 2.96. The molecule has 130 valence electrons. The van der Waals surface area contributed by atoms with Crippen LogP contribution in [0.1, 0.15) is 22.8 Å². The number of rotatable bonds is 4. The molecule has 1 aliphatic rings. The van der Waals surface area contributed by atoms with E-state index in [1.807, 2.05) is 31.2 Å². The molecule has 0 saturated heterocycles. The van der Waals surface area contributed by atoms with E-state index in [9.17, 15) is 13.2 Å². The molecule has 1 atom stereocenters. The van der Waals surface area contributed by atoms with Crippen molar-refractivity contribution in [2.75, 3.05) is 10.7 Å². The van der Waals surface area contributed by atoms with E-state index in [2.05, 4.69) is 0 Å². The van der Waals surface area contributed by atoms with Gasteiger partial charge in [0, 0.05) is 21.7 Å². The molecule has 6 heteroatoms. The predicted molar refractivity (Wildman–Crippen MR) is 101 cm³/mol. The van der Waals surface area contributed by atoms with Crippen molar-refractivity contribution in [3.05, 3.63) is 76.2 Å². The van der Waals surface area contributed by atoms with Gasteiger partial charge in [0.2, 0.25) is 0 Å². The van der Waals surface area contributed by atoms with E-state index in [4.69, 9.17) is 11.6 Å². The monoisotopic (exact) mass is 375 g/mol. The van der Waals surface area contributed by atoms with E-state index in [0.717, 1.165) is 17.7 Å². The summed E-state index contributed by atoms with van der Waals surface area (Å²) in [6.45, 7) is 2.00. The first kappa shape index (κ1) is 17.7. The molecule has 1 heterocycles. The minimum absolute atomic E-state index is 0.114. The number of carbonyl (C=O) groups excluding carboxylic acids is 1. The minimum Gasteiger partial charge on any atom is -0.300 e. The second-order valence-electron chi connectivity index (χ2n) is 5.89. The van der Waals surface area contributed by atoms with Gasteiger partial charge in [-0.3, -0.25) is 4.79 Å². The number of nitrogens with zero attached hydrogens (tertiary/aromatic N) is 1. The standard InChI is InChI=1S/C19H18ClNO3S/c1-2-14-6-3-4-9-18(14)21(17-10-11-25(23,24)13-17)19(22)15-7-5-8-16(20)12-15/h3-12,17H,2,13H2,1H3/t17-/m1/s1. The molecule has 0 aliphatic carbocycles. The fourth-order valence-corrected chi connectivity index (χ4v) is 4.42. The molecule has 0 N–H and O–H groups in total. The summed E-state index contributed by atoms with van der Waals surface area (Å²) in [5.41, 5.74) is 2.13. The van der Waals surface area contributed by atoms with Gasteiger partial charge in [0.1, 0.15) is 0 Å². The Kier molecular flexibility index (Phi) is 4.97. The summed E-state index contributed by atoms with van der Waals surface area (Å²) in [6.07, 6.45) is 2.31. The lowest BCUT2D eigenvalue weighted by Crippen LogP contribution is -2.41. The summed E-state index contributed by atoms with van der Waals surface area (Å²) >= 11 is 6.02. The maximum atomic E-state index is 13.2. The molecule has 3 rings (SSSR count). The lowest BCUT2D eigenvalue weighted by atomic mass is 10.1. The highest BCUT2D eigenvalue weighted by molar-refractivity contribution is 7.94. The van der Waals surface area contributed by atoms with Crippen molar-refractivity contribution >= 4 is 33.0 Å². The molecule has 0 spiro atoms. The Labute approximate surface area is 152 Å². The van der Waals surface area contributed by atoms with Crippen molar-refractivity contribution in [3.63, 3.8) is 0 Å². The molecule has 0 saturated carbocycles. The number of hydrogen-bond donors (Lipinski definition) is 0. The van der Waals surface area contributed by atoms with Crippen LogP contribution in [0.2, 0.25) is 5.02 Å². The smallest absolute Gasteiger partial charge is 0.258 e. The third-order valence-corrected chi connectivity index (χ3v) is 5.78. The van der Waals surface area contributed by atoms with Crippen LogP contribution in [-0.4, -0.2) is 26.1 Å². The van der Waals surface area contributed by atoms with Crippen LogP contribution in [0, 0.1) is 0 Å². The molecule has 0 fully saturated rings. The normalized spacial score (nSPS) is 18.2. The van der Waals surface area contributed by atoms with Gasteiger partial charge < -0.3 is 4.90 Å². The van der Waals surface area contributed by atoms with Gasteiger partial charge in [-0.05, 0) is 42.3 Å². The summed E-state index contributed by atoms with van der Waals surface area (Å²) in [5, 5.41) is 1.65. The average molecular weight is 376 g/mol. The molecule has 0 unspecified atom stereocenters. The van der Waals surface area contributed by atoms with Crippen LogP contribution in [0.5, 0.6) is 0 Å². The number of amides is 1. The van der Waals surface area contributed by atoms with Gasteiger partial charge in [-0.15, -0.1) is 0 Å². The second-order valence-corrected chi connectivity index (χ2v) is 8.26. The lowest BCUT2D eigenvalue weighted by Gasteiger charge is -2.29. The lowest BCUT2D eigenvalue weighted by molar-refractivity contribution is 0.0983. The van der Waals surface area contributed by atoms with Gasteiger partial charge in [0.05, 0.1) is 11.8 Å². The third-order valence-electron chi connectivity index (χ3n) is 4.17. The zero-order chi connectivity index (χ0) is 18.0. The molecular formula is C19H18ClNO3S. The number of benzene rings is 2. The zero-order valence-corrected chi connectivity index (χ0v) is 15.3. The first-order valence-corrected chi connectivity index (χ1v) is 10.1. The van der Waals surface area contributed by atoms with Crippen LogP contribution in [0.25, 0.3) is 0 Å². The van der Waals surface area contributed by atoms with Crippen LogP contribution in [0.4, 0.5) is 5.69 Å². The first-order chi connectivity index (χ1) is 11.9. The molecule has 0 radical (unpaired) electrons. The van der Waals surface area contributed by atoms with E-state index in [1.165, 1.54) is 5.41 Å². The molecule has 25 heavy (non-hydrogen) atoms. The van der Waals surface area contributed by atoms with Gasteiger partial charge in [0.15, 0.2) is 9.84 Å². The summed E-state index contributed by atoms with van der Waals surface area (Å²) in [5.74, 6) is -0.382. The highest BCUT2D eigenvalue weighted by Gasteiger charge is 2.32. The summed E-state index contributed by atoms with van der Waals surface area (Å²) in [4.78, 5) is 14.8. The molecule has 2 aromatic rings. The summed E-state index contributed by atoms with van der Waals surface area (Å²) < 4.78 is 23.8. The van der Waals surface area contributed by atoms with Crippen molar-refractivity contribution in [2.45, 2.75) is 19.4 Å². The topological polar surface area (TPSA) is 54.5 Å². The van der Waals surface area contributed by atoms with E-state index >= 15 is 0 Å². The van der Waals surface area contributed by atoms with Crippen LogP contribution in [0.3, 0.4) is 0 Å². The van der Waals surface area contributed by atoms with Crippen molar-refractivity contribution in [3.8, 4) is 0 Å². The zero-order valence-electron chi connectivity index (χ0n) is 13.7. The number of aryl methyl sites for hydroxylation is 1. The highest BCUT2D eigenvalue weighted by atomic mass is 35.5. The number of halogens is 1. The molecule has 0 aromatic heterocycles. The number of hydrogen-bond acceptors (Lipinski definition) is 3. The van der Waals surface area contributed by atoms with E-state index in [1.54, 1.807) is 35.2 Å². The quantitative estimate of drug-likeness (QED) is 0.815. The number of carbonyl (C=O) groups is 1. The maximum Gasteiger partial charge on any atom is 0.258 e. The average Bonchev–Trinajstić information content (AvgIpc) is 2.95. The molecule has 4 nitrogen and oxygen atoms in total. The van der Waals surface area contributed by atoms with Gasteiger partial charge in [-0.1, -0.05) is 42.8 Å². The SMILES string of the molecule is CCc1ccccc1N(C(=O)c1cccc(Cl)c1)[C@@H]1C=CS(=O)(=O)C1. The van der Waals surface area contributed by atoms with Crippen molar-refractivity contribution < 1.29 is 13.2 Å². The number of para-hydroxylation sites is 1. The number of sulfone groups is 1. The van der Waals surface area contributed by atoms with Crippen LogP contribution in [0.15, 0.2) is 60.0 Å². The largest absolute Gasteiger partial charge is 0.300 e. The Morgan fingerprint density at radius 2 is 1.96 bits per heavy atom. The molecule has 2 aromatic carbocycles.